The molecular weight excluding hydrogens is 162 g/mol. The Labute approximate surface area is 84.3 Å². The van der Waals surface area contributed by atoms with Gasteiger partial charge in [0.05, 0.1) is 12.2 Å². The Kier molecular flexibility index (Phi) is 11.8. The Morgan fingerprint density at radius 2 is 1.62 bits per heavy atom. The van der Waals surface area contributed by atoms with Crippen LogP contribution in [0.25, 0.3) is 0 Å². The lowest BCUT2D eigenvalue weighted by Gasteiger charge is -2.21. The number of likely N-dealkylation sites (N-methyl/N-ethyl adjacent to an activating group) is 1. The Morgan fingerprint density at radius 1 is 1.15 bits per heavy atom. The van der Waals surface area contributed by atoms with E-state index in [1.165, 1.54) is 0 Å². The van der Waals surface area contributed by atoms with E-state index in [4.69, 9.17) is 4.74 Å². The van der Waals surface area contributed by atoms with Crippen molar-refractivity contribution in [3.05, 3.63) is 0 Å². The fourth-order valence-corrected chi connectivity index (χ4v) is 1.08. The zero-order valence-corrected chi connectivity index (χ0v) is 10.4. The monoisotopic (exact) mass is 189 g/mol. The molecular formula is C11H27NO. The average molecular weight is 189 g/mol. The highest BCUT2D eigenvalue weighted by molar-refractivity contribution is 4.57. The van der Waals surface area contributed by atoms with Gasteiger partial charge in [0.15, 0.2) is 0 Å². The van der Waals surface area contributed by atoms with Crippen molar-refractivity contribution in [2.24, 2.45) is 0 Å². The maximum absolute atomic E-state index is 5.58. The summed E-state index contributed by atoms with van der Waals surface area (Å²) < 4.78 is 5.58. The standard InChI is InChI=1S/C9H21NO.C2H6/c1-6-10(5)7-9(4)11-8(2)3;1-2/h8-9H,6-7H2,1-5H3;1-2H3. The zero-order chi connectivity index (χ0) is 10.9. The van der Waals surface area contributed by atoms with Crippen LogP contribution in [0, 0.1) is 0 Å². The van der Waals surface area contributed by atoms with Gasteiger partial charge in [0.2, 0.25) is 0 Å². The quantitative estimate of drug-likeness (QED) is 0.659. The molecule has 0 aliphatic heterocycles. The van der Waals surface area contributed by atoms with Crippen molar-refractivity contribution in [3.8, 4) is 0 Å². The predicted molar refractivity (Wildman–Crippen MR) is 60.2 cm³/mol. The van der Waals surface area contributed by atoms with Gasteiger partial charge in [0, 0.05) is 6.54 Å². The van der Waals surface area contributed by atoms with E-state index >= 15 is 0 Å². The summed E-state index contributed by atoms with van der Waals surface area (Å²) in [5.41, 5.74) is 0. The highest BCUT2D eigenvalue weighted by atomic mass is 16.5. The third kappa shape index (κ3) is 11.9. The summed E-state index contributed by atoms with van der Waals surface area (Å²) >= 11 is 0. The Morgan fingerprint density at radius 3 is 1.92 bits per heavy atom. The molecule has 0 fully saturated rings. The summed E-state index contributed by atoms with van der Waals surface area (Å²) in [4.78, 5) is 2.26. The van der Waals surface area contributed by atoms with Gasteiger partial charge in [-0.1, -0.05) is 20.8 Å². The van der Waals surface area contributed by atoms with Crippen molar-refractivity contribution < 1.29 is 4.74 Å². The molecule has 0 aliphatic carbocycles. The molecule has 82 valence electrons. The average Bonchev–Trinajstić information content (AvgIpc) is 2.06. The minimum absolute atomic E-state index is 0.343. The van der Waals surface area contributed by atoms with Crippen LogP contribution in [0.5, 0.6) is 0 Å². The topological polar surface area (TPSA) is 12.5 Å². The van der Waals surface area contributed by atoms with E-state index in [9.17, 15) is 0 Å². The van der Waals surface area contributed by atoms with E-state index in [1.54, 1.807) is 0 Å². The van der Waals surface area contributed by atoms with Gasteiger partial charge >= 0.3 is 0 Å². The number of ether oxygens (including phenoxy) is 1. The maximum Gasteiger partial charge on any atom is 0.0677 e. The van der Waals surface area contributed by atoms with Crippen LogP contribution in [-0.2, 0) is 4.74 Å². The van der Waals surface area contributed by atoms with Gasteiger partial charge < -0.3 is 9.64 Å². The summed E-state index contributed by atoms with van der Waals surface area (Å²) in [6, 6.07) is 0. The molecule has 0 radical (unpaired) electrons. The van der Waals surface area contributed by atoms with Crippen LogP contribution in [0.1, 0.15) is 41.5 Å². The highest BCUT2D eigenvalue weighted by Gasteiger charge is 2.06. The normalized spacial score (nSPS) is 12.7. The smallest absolute Gasteiger partial charge is 0.0677 e. The summed E-state index contributed by atoms with van der Waals surface area (Å²) in [7, 11) is 2.11. The van der Waals surface area contributed by atoms with Gasteiger partial charge in [-0.25, -0.2) is 0 Å². The fourth-order valence-electron chi connectivity index (χ4n) is 1.08. The number of hydrogen-bond donors (Lipinski definition) is 0. The number of nitrogens with zero attached hydrogens (tertiary/aromatic N) is 1. The maximum atomic E-state index is 5.58. The van der Waals surface area contributed by atoms with E-state index in [0.29, 0.717) is 12.2 Å². The molecule has 0 heterocycles. The Balaban J connectivity index is 0. The fraction of sp³-hybridized carbons (Fsp3) is 1.00. The van der Waals surface area contributed by atoms with Crippen LogP contribution in [0.15, 0.2) is 0 Å². The first kappa shape index (κ1) is 15.4. The third-order valence-corrected chi connectivity index (χ3v) is 1.61. The highest BCUT2D eigenvalue weighted by Crippen LogP contribution is 1.98. The minimum atomic E-state index is 0.343. The molecule has 0 spiro atoms. The van der Waals surface area contributed by atoms with E-state index in [2.05, 4.69) is 39.6 Å². The molecule has 0 aliphatic rings. The number of hydrogen-bond acceptors (Lipinski definition) is 2. The molecule has 0 saturated carbocycles. The SMILES string of the molecule is CC.CCN(C)CC(C)OC(C)C. The molecule has 0 rings (SSSR count). The van der Waals surface area contributed by atoms with Gasteiger partial charge in [0.25, 0.3) is 0 Å². The molecule has 0 N–H and O–H groups in total. The first-order chi connectivity index (χ1) is 6.06. The van der Waals surface area contributed by atoms with Crippen LogP contribution in [-0.4, -0.2) is 37.2 Å². The van der Waals surface area contributed by atoms with Crippen molar-refractivity contribution in [2.75, 3.05) is 20.1 Å². The van der Waals surface area contributed by atoms with E-state index in [1.807, 2.05) is 13.8 Å². The summed E-state index contributed by atoms with van der Waals surface area (Å²) in [6.45, 7) is 14.5. The molecule has 0 aromatic heterocycles. The lowest BCUT2D eigenvalue weighted by molar-refractivity contribution is 0.00341. The van der Waals surface area contributed by atoms with Gasteiger partial charge in [-0.05, 0) is 34.4 Å². The van der Waals surface area contributed by atoms with E-state index < -0.39 is 0 Å². The van der Waals surface area contributed by atoms with E-state index in [-0.39, 0.29) is 0 Å². The van der Waals surface area contributed by atoms with Crippen LogP contribution >= 0.6 is 0 Å². The first-order valence-corrected chi connectivity index (χ1v) is 5.40. The van der Waals surface area contributed by atoms with Gasteiger partial charge in [-0.3, -0.25) is 0 Å². The van der Waals surface area contributed by atoms with Crippen molar-refractivity contribution in [1.29, 1.82) is 0 Å². The lowest BCUT2D eigenvalue weighted by Crippen LogP contribution is -2.30. The van der Waals surface area contributed by atoms with Gasteiger partial charge in [-0.15, -0.1) is 0 Å². The van der Waals surface area contributed by atoms with Crippen molar-refractivity contribution in [1.82, 2.24) is 4.90 Å². The molecule has 0 bridgehead atoms. The lowest BCUT2D eigenvalue weighted by atomic mass is 10.3. The largest absolute Gasteiger partial charge is 0.375 e. The molecule has 0 aromatic carbocycles. The first-order valence-electron chi connectivity index (χ1n) is 5.40. The summed E-state index contributed by atoms with van der Waals surface area (Å²) in [5.74, 6) is 0. The number of rotatable bonds is 5. The second-order valence-electron chi connectivity index (χ2n) is 3.35. The summed E-state index contributed by atoms with van der Waals surface area (Å²) in [5, 5.41) is 0. The second kappa shape index (κ2) is 10.0. The second-order valence-corrected chi connectivity index (χ2v) is 3.35. The molecule has 0 amide bonds. The molecule has 0 aromatic rings. The third-order valence-electron chi connectivity index (χ3n) is 1.61. The molecule has 1 atom stereocenters. The van der Waals surface area contributed by atoms with Gasteiger partial charge in [-0.2, -0.15) is 0 Å². The molecule has 2 nitrogen and oxygen atoms in total. The van der Waals surface area contributed by atoms with Gasteiger partial charge in [0.1, 0.15) is 0 Å². The van der Waals surface area contributed by atoms with Crippen molar-refractivity contribution in [2.45, 2.75) is 53.8 Å². The molecule has 2 heteroatoms. The van der Waals surface area contributed by atoms with Crippen LogP contribution in [0.2, 0.25) is 0 Å². The Hall–Kier alpha value is -0.0800. The Bertz CT molecular complexity index is 94.1. The van der Waals surface area contributed by atoms with Crippen LogP contribution < -0.4 is 0 Å². The van der Waals surface area contributed by atoms with Crippen LogP contribution in [0.4, 0.5) is 0 Å². The summed E-state index contributed by atoms with van der Waals surface area (Å²) in [6.07, 6.45) is 0.690. The predicted octanol–water partition coefficient (Wildman–Crippen LogP) is 2.78. The minimum Gasteiger partial charge on any atom is -0.375 e. The van der Waals surface area contributed by atoms with E-state index in [0.717, 1.165) is 13.1 Å². The van der Waals surface area contributed by atoms with Crippen molar-refractivity contribution in [3.63, 3.8) is 0 Å². The molecule has 0 saturated heterocycles. The molecule has 13 heavy (non-hydrogen) atoms. The van der Waals surface area contributed by atoms with Crippen LogP contribution in [0.3, 0.4) is 0 Å². The zero-order valence-electron chi connectivity index (χ0n) is 10.4. The molecule has 1 unspecified atom stereocenters. The van der Waals surface area contributed by atoms with Crippen molar-refractivity contribution >= 4 is 0 Å².